The highest BCUT2D eigenvalue weighted by molar-refractivity contribution is 6.31. The van der Waals surface area contributed by atoms with E-state index in [1.165, 1.54) is 31.7 Å². The van der Waals surface area contributed by atoms with Gasteiger partial charge in [0.25, 0.3) is 0 Å². The average Bonchev–Trinajstić information content (AvgIpc) is 3.10. The number of halogens is 2. The summed E-state index contributed by atoms with van der Waals surface area (Å²) in [4.78, 5) is 7.60. The first-order chi connectivity index (χ1) is 9.72. The van der Waals surface area contributed by atoms with Gasteiger partial charge in [-0.05, 0) is 31.0 Å². The molecule has 2 aromatic rings. The molecule has 20 heavy (non-hydrogen) atoms. The lowest BCUT2D eigenvalue weighted by Crippen LogP contribution is -2.25. The molecule has 0 radical (unpaired) electrons. The van der Waals surface area contributed by atoms with Crippen LogP contribution in [0.5, 0.6) is 0 Å². The lowest BCUT2D eigenvalue weighted by atomic mass is 10.2. The van der Waals surface area contributed by atoms with Crippen molar-refractivity contribution < 1.29 is 4.39 Å². The Balaban J connectivity index is 1.67. The Morgan fingerprint density at radius 3 is 2.90 bits per heavy atom. The van der Waals surface area contributed by atoms with Crippen LogP contribution >= 0.6 is 11.6 Å². The minimum Gasteiger partial charge on any atom is -0.341 e. The predicted molar refractivity (Wildman–Crippen MR) is 78.1 cm³/mol. The maximum atomic E-state index is 13.1. The van der Waals surface area contributed by atoms with Crippen molar-refractivity contribution in [3.63, 3.8) is 0 Å². The van der Waals surface area contributed by atoms with Crippen LogP contribution < -0.4 is 5.32 Å². The number of H-pyrrole nitrogens is 1. The van der Waals surface area contributed by atoms with Crippen LogP contribution in [-0.4, -0.2) is 16.0 Å². The molecule has 0 saturated heterocycles. The number of rotatable bonds is 4. The summed E-state index contributed by atoms with van der Waals surface area (Å²) in [5, 5.41) is 3.63. The fourth-order valence-corrected chi connectivity index (χ4v) is 2.81. The largest absolute Gasteiger partial charge is 0.341 e. The number of nitrogens with zero attached hydrogens (tertiary/aromatic N) is 1. The van der Waals surface area contributed by atoms with E-state index in [9.17, 15) is 4.39 Å². The molecule has 2 N–H and O–H groups in total. The summed E-state index contributed by atoms with van der Waals surface area (Å²) < 4.78 is 13.1. The highest BCUT2D eigenvalue weighted by Crippen LogP contribution is 2.23. The molecule has 3 rings (SSSR count). The van der Waals surface area contributed by atoms with Crippen LogP contribution in [0.4, 0.5) is 4.39 Å². The van der Waals surface area contributed by atoms with Crippen molar-refractivity contribution in [2.75, 3.05) is 0 Å². The van der Waals surface area contributed by atoms with Gasteiger partial charge in [-0.15, -0.1) is 0 Å². The van der Waals surface area contributed by atoms with E-state index in [2.05, 4.69) is 15.3 Å². The Morgan fingerprint density at radius 1 is 1.35 bits per heavy atom. The van der Waals surface area contributed by atoms with Crippen molar-refractivity contribution in [3.05, 3.63) is 41.1 Å². The maximum absolute atomic E-state index is 13.1. The predicted octanol–water partition coefficient (Wildman–Crippen LogP) is 3.90. The molecular weight excluding hydrogens is 277 g/mol. The van der Waals surface area contributed by atoms with E-state index < -0.39 is 5.82 Å². The van der Waals surface area contributed by atoms with Crippen LogP contribution in [0.25, 0.3) is 11.3 Å². The van der Waals surface area contributed by atoms with E-state index in [0.717, 1.165) is 23.6 Å². The van der Waals surface area contributed by atoms with Crippen molar-refractivity contribution in [1.82, 2.24) is 15.3 Å². The van der Waals surface area contributed by atoms with Gasteiger partial charge in [0.2, 0.25) is 0 Å². The van der Waals surface area contributed by atoms with Gasteiger partial charge in [-0.3, -0.25) is 0 Å². The van der Waals surface area contributed by atoms with E-state index in [-0.39, 0.29) is 5.02 Å². The summed E-state index contributed by atoms with van der Waals surface area (Å²) in [5.74, 6) is 0.491. The van der Waals surface area contributed by atoms with Gasteiger partial charge in [0.1, 0.15) is 11.6 Å². The molecule has 1 aliphatic rings. The molecule has 1 aromatic heterocycles. The maximum Gasteiger partial charge on any atom is 0.141 e. The first kappa shape index (κ1) is 13.6. The Bertz CT molecular complexity index is 591. The van der Waals surface area contributed by atoms with E-state index in [4.69, 9.17) is 11.6 Å². The average molecular weight is 294 g/mol. The molecule has 1 heterocycles. The standard InChI is InChI=1S/C15H17ClFN3/c16-12-7-10(5-6-13(12)17)14-8-19-15(20-14)9-18-11-3-1-2-4-11/h5-8,11,18H,1-4,9H2,(H,19,20). The summed E-state index contributed by atoms with van der Waals surface area (Å²) in [6.07, 6.45) is 6.89. The zero-order chi connectivity index (χ0) is 13.9. The number of aromatic nitrogens is 2. The quantitative estimate of drug-likeness (QED) is 0.897. The summed E-state index contributed by atoms with van der Waals surface area (Å²) in [6, 6.07) is 5.29. The molecule has 0 aliphatic heterocycles. The molecule has 106 valence electrons. The fraction of sp³-hybridized carbons (Fsp3) is 0.400. The van der Waals surface area contributed by atoms with E-state index in [1.807, 2.05) is 0 Å². The second kappa shape index (κ2) is 5.94. The molecule has 1 fully saturated rings. The monoisotopic (exact) mass is 293 g/mol. The topological polar surface area (TPSA) is 40.7 Å². The molecule has 3 nitrogen and oxygen atoms in total. The Hall–Kier alpha value is -1.39. The number of benzene rings is 1. The van der Waals surface area contributed by atoms with Crippen molar-refractivity contribution in [2.45, 2.75) is 38.3 Å². The van der Waals surface area contributed by atoms with E-state index >= 15 is 0 Å². The fourth-order valence-electron chi connectivity index (χ4n) is 2.63. The lowest BCUT2D eigenvalue weighted by molar-refractivity contribution is 0.515. The normalized spacial score (nSPS) is 15.9. The molecule has 1 aromatic carbocycles. The van der Waals surface area contributed by atoms with Gasteiger partial charge < -0.3 is 10.3 Å². The molecule has 5 heteroatoms. The summed E-state index contributed by atoms with van der Waals surface area (Å²) in [6.45, 7) is 0.736. The zero-order valence-corrected chi connectivity index (χ0v) is 11.9. The van der Waals surface area contributed by atoms with Crippen LogP contribution in [-0.2, 0) is 6.54 Å². The molecular formula is C15H17ClFN3. The second-order valence-electron chi connectivity index (χ2n) is 5.23. The minimum absolute atomic E-state index is 0.128. The number of imidazole rings is 1. The summed E-state index contributed by atoms with van der Waals surface area (Å²) >= 11 is 5.80. The molecule has 0 amide bonds. The second-order valence-corrected chi connectivity index (χ2v) is 5.64. The van der Waals surface area contributed by atoms with Crippen molar-refractivity contribution in [3.8, 4) is 11.3 Å². The lowest BCUT2D eigenvalue weighted by Gasteiger charge is -2.09. The van der Waals surface area contributed by atoms with Crippen LogP contribution in [0, 0.1) is 5.82 Å². The summed E-state index contributed by atoms with van der Waals surface area (Å²) in [5.41, 5.74) is 1.70. The number of nitrogens with one attached hydrogen (secondary N) is 2. The van der Waals surface area contributed by atoms with Gasteiger partial charge in [0.05, 0.1) is 23.5 Å². The molecule has 0 unspecified atom stereocenters. The number of hydrogen-bond acceptors (Lipinski definition) is 2. The zero-order valence-electron chi connectivity index (χ0n) is 11.1. The molecule has 1 aliphatic carbocycles. The van der Waals surface area contributed by atoms with Gasteiger partial charge in [-0.25, -0.2) is 9.37 Å². The van der Waals surface area contributed by atoms with Crippen LogP contribution in [0.15, 0.2) is 24.4 Å². The Kier molecular flexibility index (Phi) is 4.03. The number of hydrogen-bond donors (Lipinski definition) is 2. The minimum atomic E-state index is -0.405. The van der Waals surface area contributed by atoms with Gasteiger partial charge in [0.15, 0.2) is 0 Å². The van der Waals surface area contributed by atoms with Gasteiger partial charge in [-0.2, -0.15) is 0 Å². The first-order valence-corrected chi connectivity index (χ1v) is 7.33. The highest BCUT2D eigenvalue weighted by Gasteiger charge is 2.14. The summed E-state index contributed by atoms with van der Waals surface area (Å²) in [7, 11) is 0. The molecule has 0 bridgehead atoms. The SMILES string of the molecule is Fc1ccc(-c2cnc(CNC3CCCC3)[nH]2)cc1Cl. The van der Waals surface area contributed by atoms with Gasteiger partial charge >= 0.3 is 0 Å². The van der Waals surface area contributed by atoms with Crippen molar-refractivity contribution in [1.29, 1.82) is 0 Å². The van der Waals surface area contributed by atoms with Crippen LogP contribution in [0.3, 0.4) is 0 Å². The Morgan fingerprint density at radius 2 is 2.15 bits per heavy atom. The van der Waals surface area contributed by atoms with E-state index in [1.54, 1.807) is 18.3 Å². The van der Waals surface area contributed by atoms with Crippen molar-refractivity contribution in [2.24, 2.45) is 0 Å². The van der Waals surface area contributed by atoms with Crippen molar-refractivity contribution >= 4 is 11.6 Å². The third kappa shape index (κ3) is 3.02. The molecule has 1 saturated carbocycles. The van der Waals surface area contributed by atoms with Gasteiger partial charge in [0, 0.05) is 11.6 Å². The molecule has 0 atom stereocenters. The van der Waals surface area contributed by atoms with E-state index in [0.29, 0.717) is 6.04 Å². The molecule has 0 spiro atoms. The first-order valence-electron chi connectivity index (χ1n) is 6.95. The third-order valence-corrected chi connectivity index (χ3v) is 4.06. The third-order valence-electron chi connectivity index (χ3n) is 3.77. The highest BCUT2D eigenvalue weighted by atomic mass is 35.5. The van der Waals surface area contributed by atoms with Crippen LogP contribution in [0.1, 0.15) is 31.5 Å². The smallest absolute Gasteiger partial charge is 0.141 e. The van der Waals surface area contributed by atoms with Crippen LogP contribution in [0.2, 0.25) is 5.02 Å². The van der Waals surface area contributed by atoms with Gasteiger partial charge in [-0.1, -0.05) is 24.4 Å². The number of aromatic amines is 1. The Labute approximate surface area is 122 Å².